The van der Waals surface area contributed by atoms with Crippen LogP contribution in [0.25, 0.3) is 0 Å². The Morgan fingerprint density at radius 2 is 1.60 bits per heavy atom. The Morgan fingerprint density at radius 1 is 1.08 bits per heavy atom. The first-order valence-corrected chi connectivity index (χ1v) is 10.4. The van der Waals surface area contributed by atoms with Gasteiger partial charge in [0.1, 0.15) is 0 Å². The molecule has 1 aromatic rings. The lowest BCUT2D eigenvalue weighted by molar-refractivity contribution is -0.384. The van der Waals surface area contributed by atoms with Gasteiger partial charge in [0.15, 0.2) is 0 Å². The number of nitro benzene ring substituents is 1. The second kappa shape index (κ2) is 10.9. The fourth-order valence-electron chi connectivity index (χ4n) is 2.34. The quantitative estimate of drug-likeness (QED) is 0.263. The van der Waals surface area contributed by atoms with Crippen LogP contribution < -0.4 is 5.32 Å². The molecule has 1 aromatic carbocycles. The average molecular weight is 370 g/mol. The molecule has 8 nitrogen and oxygen atoms in total. The normalized spacial score (nSPS) is 11.3. The minimum Gasteiger partial charge on any atom is -0.374 e. The van der Waals surface area contributed by atoms with Gasteiger partial charge in [-0.05, 0) is 39.3 Å². The third-order valence-corrected chi connectivity index (χ3v) is 6.53. The van der Waals surface area contributed by atoms with E-state index in [4.69, 9.17) is 13.3 Å². The first-order valence-electron chi connectivity index (χ1n) is 8.42. The van der Waals surface area contributed by atoms with E-state index in [0.717, 1.165) is 0 Å². The Morgan fingerprint density at radius 3 is 2.04 bits per heavy atom. The number of benzene rings is 1. The van der Waals surface area contributed by atoms with Gasteiger partial charge in [-0.25, -0.2) is 0 Å². The lowest BCUT2D eigenvalue weighted by Crippen LogP contribution is -2.46. The van der Waals surface area contributed by atoms with Crippen molar-refractivity contribution in [3.63, 3.8) is 0 Å². The number of non-ortho nitro benzene ring substituents is 1. The lowest BCUT2D eigenvalue weighted by Gasteiger charge is -2.28. The van der Waals surface area contributed by atoms with E-state index in [0.29, 0.717) is 44.4 Å². The second-order valence-corrected chi connectivity index (χ2v) is 7.88. The molecule has 0 saturated carbocycles. The Hall–Kier alpha value is -1.81. The molecule has 140 valence electrons. The van der Waals surface area contributed by atoms with Crippen molar-refractivity contribution in [2.45, 2.75) is 33.2 Å². The fourth-order valence-corrected chi connectivity index (χ4v) is 4.96. The van der Waals surface area contributed by atoms with Gasteiger partial charge in [0, 0.05) is 50.1 Å². The lowest BCUT2D eigenvalue weighted by atomic mass is 10.2. The number of rotatable bonds is 12. The second-order valence-electron chi connectivity index (χ2n) is 5.15. The molecule has 9 heteroatoms. The molecule has 0 unspecified atom stereocenters. The molecule has 0 aliphatic heterocycles. The maximum absolute atomic E-state index is 12.1. The van der Waals surface area contributed by atoms with Gasteiger partial charge in [0.05, 0.1) is 4.92 Å². The van der Waals surface area contributed by atoms with Gasteiger partial charge in [-0.1, -0.05) is 0 Å². The molecule has 0 aliphatic rings. The Labute approximate surface area is 149 Å². The van der Waals surface area contributed by atoms with Crippen LogP contribution in [-0.2, 0) is 13.3 Å². The van der Waals surface area contributed by atoms with E-state index in [1.54, 1.807) is 0 Å². The molecule has 0 atom stereocenters. The largest absolute Gasteiger partial charge is 0.500 e. The van der Waals surface area contributed by atoms with Gasteiger partial charge >= 0.3 is 8.80 Å². The van der Waals surface area contributed by atoms with E-state index in [-0.39, 0.29) is 11.6 Å². The van der Waals surface area contributed by atoms with Crippen LogP contribution in [0.2, 0.25) is 6.04 Å². The smallest absolute Gasteiger partial charge is 0.374 e. The van der Waals surface area contributed by atoms with E-state index in [1.165, 1.54) is 24.3 Å². The molecule has 1 amide bonds. The van der Waals surface area contributed by atoms with Gasteiger partial charge in [-0.15, -0.1) is 0 Å². The summed E-state index contributed by atoms with van der Waals surface area (Å²) in [6, 6.07) is 6.11. The van der Waals surface area contributed by atoms with Crippen molar-refractivity contribution in [2.24, 2.45) is 0 Å². The minimum atomic E-state index is -2.69. The van der Waals surface area contributed by atoms with E-state index >= 15 is 0 Å². The highest BCUT2D eigenvalue weighted by atomic mass is 28.4. The van der Waals surface area contributed by atoms with E-state index in [9.17, 15) is 14.9 Å². The third kappa shape index (κ3) is 6.90. The summed E-state index contributed by atoms with van der Waals surface area (Å²) in [5.74, 6) is -0.272. The molecule has 0 bridgehead atoms. The van der Waals surface area contributed by atoms with Gasteiger partial charge < -0.3 is 18.6 Å². The monoisotopic (exact) mass is 370 g/mol. The number of carbonyl (C=O) groups is 1. The van der Waals surface area contributed by atoms with Crippen molar-refractivity contribution in [3.05, 3.63) is 39.9 Å². The van der Waals surface area contributed by atoms with Crippen LogP contribution in [0.1, 0.15) is 37.6 Å². The third-order valence-electron chi connectivity index (χ3n) is 3.38. The SMILES string of the molecule is CCO[Si](CCCNC(=O)c1ccc([N+](=O)[O-])cc1)(OCC)OCC. The highest BCUT2D eigenvalue weighted by Gasteiger charge is 2.39. The summed E-state index contributed by atoms with van der Waals surface area (Å²) in [6.07, 6.45) is 0.658. The molecule has 0 saturated heterocycles. The number of hydrogen-bond donors (Lipinski definition) is 1. The van der Waals surface area contributed by atoms with Crippen LogP contribution in [-0.4, -0.2) is 46.0 Å². The first kappa shape index (κ1) is 21.2. The molecule has 0 heterocycles. The van der Waals surface area contributed by atoms with Gasteiger partial charge in [0.2, 0.25) is 0 Å². The van der Waals surface area contributed by atoms with E-state index in [1.807, 2.05) is 20.8 Å². The van der Waals surface area contributed by atoms with Crippen LogP contribution in [0.15, 0.2) is 24.3 Å². The molecule has 0 radical (unpaired) electrons. The maximum atomic E-state index is 12.1. The zero-order valence-corrected chi connectivity index (χ0v) is 15.9. The summed E-state index contributed by atoms with van der Waals surface area (Å²) >= 11 is 0. The minimum absolute atomic E-state index is 0.0440. The van der Waals surface area contributed by atoms with Crippen LogP contribution in [0.3, 0.4) is 0 Å². The Bertz CT molecular complexity index is 535. The van der Waals surface area contributed by atoms with Crippen LogP contribution in [0, 0.1) is 10.1 Å². The average Bonchev–Trinajstić information content (AvgIpc) is 2.59. The van der Waals surface area contributed by atoms with Gasteiger partial charge in [-0.3, -0.25) is 14.9 Å². The Kier molecular flexibility index (Phi) is 9.28. The van der Waals surface area contributed by atoms with Crippen LogP contribution >= 0.6 is 0 Å². The van der Waals surface area contributed by atoms with Crippen LogP contribution in [0.4, 0.5) is 5.69 Å². The first-order chi connectivity index (χ1) is 12.0. The van der Waals surface area contributed by atoms with Crippen molar-refractivity contribution >= 4 is 20.4 Å². The standard InChI is InChI=1S/C16H26N2O6Si/c1-4-22-25(23-5-2,24-6-3)13-7-12-17-16(19)14-8-10-15(11-9-14)18(20)21/h8-11H,4-7,12-13H2,1-3H3,(H,17,19). The van der Waals surface area contributed by atoms with Gasteiger partial charge in [-0.2, -0.15) is 0 Å². The molecule has 0 fully saturated rings. The maximum Gasteiger partial charge on any atom is 0.500 e. The van der Waals surface area contributed by atoms with E-state index < -0.39 is 13.7 Å². The molecule has 1 N–H and O–H groups in total. The summed E-state index contributed by atoms with van der Waals surface area (Å²) in [4.78, 5) is 22.2. The van der Waals surface area contributed by atoms with Gasteiger partial charge in [0.25, 0.3) is 11.6 Å². The predicted octanol–water partition coefficient (Wildman–Crippen LogP) is 2.76. The highest BCUT2D eigenvalue weighted by molar-refractivity contribution is 6.60. The summed E-state index contributed by atoms with van der Waals surface area (Å²) in [7, 11) is -2.69. The summed E-state index contributed by atoms with van der Waals surface area (Å²) in [6.45, 7) is 7.68. The number of amides is 1. The number of nitrogens with zero attached hydrogens (tertiary/aromatic N) is 1. The molecular weight excluding hydrogens is 344 g/mol. The van der Waals surface area contributed by atoms with Crippen LogP contribution in [0.5, 0.6) is 0 Å². The number of nitrogens with one attached hydrogen (secondary N) is 1. The van der Waals surface area contributed by atoms with Crippen molar-refractivity contribution in [1.29, 1.82) is 0 Å². The zero-order chi connectivity index (χ0) is 18.7. The predicted molar refractivity (Wildman–Crippen MR) is 95.5 cm³/mol. The molecule has 1 rings (SSSR count). The highest BCUT2D eigenvalue weighted by Crippen LogP contribution is 2.18. The fraction of sp³-hybridized carbons (Fsp3) is 0.562. The summed E-state index contributed by atoms with van der Waals surface area (Å²) < 4.78 is 17.3. The van der Waals surface area contributed by atoms with E-state index in [2.05, 4.69) is 5.32 Å². The topological polar surface area (TPSA) is 99.9 Å². The molecule has 0 aliphatic carbocycles. The van der Waals surface area contributed by atoms with Crippen molar-refractivity contribution in [2.75, 3.05) is 26.4 Å². The summed E-state index contributed by atoms with van der Waals surface area (Å²) in [5, 5.41) is 13.4. The molecule has 0 spiro atoms. The number of nitro groups is 1. The zero-order valence-electron chi connectivity index (χ0n) is 14.9. The number of carbonyl (C=O) groups excluding carboxylic acids is 1. The van der Waals surface area contributed by atoms with Crippen molar-refractivity contribution in [1.82, 2.24) is 5.32 Å². The molecule has 25 heavy (non-hydrogen) atoms. The molecular formula is C16H26N2O6Si. The number of hydrogen-bond acceptors (Lipinski definition) is 6. The van der Waals surface area contributed by atoms with Crippen molar-refractivity contribution < 1.29 is 23.0 Å². The van der Waals surface area contributed by atoms with Crippen molar-refractivity contribution in [3.8, 4) is 0 Å². The Balaban J connectivity index is 2.51. The summed E-state index contributed by atoms with van der Waals surface area (Å²) in [5.41, 5.74) is 0.339. The molecule has 0 aromatic heterocycles.